The molecule has 0 amide bonds. The summed E-state index contributed by atoms with van der Waals surface area (Å²) in [7, 11) is 0.525. The van der Waals surface area contributed by atoms with Gasteiger partial charge in [0, 0.05) is 22.7 Å². The second-order valence-corrected chi connectivity index (χ2v) is 5.81. The fraction of sp³-hybridized carbons (Fsp3) is 0.833. The minimum atomic E-state index is -0.729. The first-order valence-corrected chi connectivity index (χ1v) is 8.10. The van der Waals surface area contributed by atoms with Crippen molar-refractivity contribution in [1.29, 1.82) is 0 Å². The average molecular weight is 320 g/mol. The molecule has 0 spiro atoms. The molecule has 0 fully saturated rings. The van der Waals surface area contributed by atoms with Gasteiger partial charge in [-0.25, -0.2) is 0 Å². The van der Waals surface area contributed by atoms with Gasteiger partial charge >= 0.3 is 0 Å². The SMILES string of the molecule is CCCC(COC=C([SiH3])OCC(CCC)[N+](=O)[O-])[N+](=O)[O-]. The first-order valence-electron chi connectivity index (χ1n) is 7.10. The molecule has 2 unspecified atom stereocenters. The summed E-state index contributed by atoms with van der Waals surface area (Å²) in [6.45, 7) is 3.75. The van der Waals surface area contributed by atoms with E-state index >= 15 is 0 Å². The number of hydrogen-bond donors (Lipinski definition) is 0. The van der Waals surface area contributed by atoms with Crippen LogP contribution in [0.4, 0.5) is 0 Å². The van der Waals surface area contributed by atoms with E-state index in [9.17, 15) is 20.2 Å². The van der Waals surface area contributed by atoms with Crippen LogP contribution in [0.5, 0.6) is 0 Å². The highest BCUT2D eigenvalue weighted by Crippen LogP contribution is 2.06. The van der Waals surface area contributed by atoms with Crippen molar-refractivity contribution in [3.63, 3.8) is 0 Å². The van der Waals surface area contributed by atoms with Crippen LogP contribution in [0.1, 0.15) is 39.5 Å². The molecule has 0 radical (unpaired) electrons. The predicted octanol–water partition coefficient (Wildman–Crippen LogP) is 1.07. The largest absolute Gasteiger partial charge is 0.494 e. The Kier molecular flexibility index (Phi) is 10.2. The third kappa shape index (κ3) is 9.00. The molecule has 0 aromatic heterocycles. The fourth-order valence-electron chi connectivity index (χ4n) is 1.70. The molecular formula is C12H24N2O6Si. The average Bonchev–Trinajstić information content (AvgIpc) is 2.41. The Balaban J connectivity index is 4.17. The molecule has 0 aromatic carbocycles. The van der Waals surface area contributed by atoms with Crippen molar-refractivity contribution in [2.24, 2.45) is 0 Å². The van der Waals surface area contributed by atoms with Gasteiger partial charge in [-0.1, -0.05) is 13.8 Å². The zero-order valence-corrected chi connectivity index (χ0v) is 14.8. The highest BCUT2D eigenvalue weighted by Gasteiger charge is 2.20. The standard InChI is InChI=1S/C12H24N2O6Si/c1-3-5-10(13(15)16)7-19-9-12(21)20-8-11(6-4-2)14(17)18/h9-11H,3-8H2,1-2,21H3. The highest BCUT2D eigenvalue weighted by molar-refractivity contribution is 6.20. The van der Waals surface area contributed by atoms with Crippen LogP contribution in [-0.2, 0) is 9.47 Å². The van der Waals surface area contributed by atoms with Gasteiger partial charge in [-0.2, -0.15) is 0 Å². The number of ether oxygens (including phenoxy) is 2. The Bertz CT molecular complexity index is 364. The molecule has 0 aliphatic heterocycles. The Morgan fingerprint density at radius 3 is 2.00 bits per heavy atom. The van der Waals surface area contributed by atoms with Gasteiger partial charge in [-0.05, 0) is 12.8 Å². The van der Waals surface area contributed by atoms with Crippen LogP contribution >= 0.6 is 0 Å². The van der Waals surface area contributed by atoms with E-state index in [4.69, 9.17) is 9.47 Å². The van der Waals surface area contributed by atoms with Crippen LogP contribution in [0.25, 0.3) is 0 Å². The number of nitrogens with zero attached hydrogens (tertiary/aromatic N) is 2. The molecule has 2 atom stereocenters. The van der Waals surface area contributed by atoms with Crippen LogP contribution < -0.4 is 0 Å². The second kappa shape index (κ2) is 11.1. The van der Waals surface area contributed by atoms with E-state index in [0.29, 0.717) is 41.3 Å². The lowest BCUT2D eigenvalue weighted by molar-refractivity contribution is -0.527. The highest BCUT2D eigenvalue weighted by atomic mass is 28.1. The normalized spacial score (nSPS) is 14.5. The second-order valence-electron chi connectivity index (χ2n) is 4.83. The number of rotatable bonds is 12. The summed E-state index contributed by atoms with van der Waals surface area (Å²) in [5, 5.41) is 22.0. The van der Waals surface area contributed by atoms with Crippen LogP contribution in [0, 0.1) is 20.2 Å². The lowest BCUT2D eigenvalue weighted by atomic mass is 10.2. The topological polar surface area (TPSA) is 105 Å². The van der Waals surface area contributed by atoms with Gasteiger partial charge in [0.1, 0.15) is 6.26 Å². The molecule has 9 heteroatoms. The van der Waals surface area contributed by atoms with E-state index in [1.165, 1.54) is 6.26 Å². The molecule has 0 rings (SSSR count). The maximum absolute atomic E-state index is 10.8. The van der Waals surface area contributed by atoms with Crippen molar-refractivity contribution >= 4 is 10.2 Å². The molecule has 0 aromatic rings. The Morgan fingerprint density at radius 2 is 1.57 bits per heavy atom. The maximum Gasteiger partial charge on any atom is 0.246 e. The van der Waals surface area contributed by atoms with E-state index in [1.54, 1.807) is 0 Å². The van der Waals surface area contributed by atoms with Crippen LogP contribution in [0.15, 0.2) is 11.6 Å². The van der Waals surface area contributed by atoms with Gasteiger partial charge < -0.3 is 9.47 Å². The predicted molar refractivity (Wildman–Crippen MR) is 81.3 cm³/mol. The van der Waals surface area contributed by atoms with Gasteiger partial charge in [-0.3, -0.25) is 20.2 Å². The first-order chi connectivity index (χ1) is 9.92. The Morgan fingerprint density at radius 1 is 1.10 bits per heavy atom. The van der Waals surface area contributed by atoms with Crippen molar-refractivity contribution < 1.29 is 19.3 Å². The third-order valence-corrected chi connectivity index (χ3v) is 3.41. The third-order valence-electron chi connectivity index (χ3n) is 2.88. The fourth-order valence-corrected chi connectivity index (χ4v) is 2.04. The van der Waals surface area contributed by atoms with Crippen molar-refractivity contribution in [1.82, 2.24) is 0 Å². The van der Waals surface area contributed by atoms with Crippen molar-refractivity contribution in [2.45, 2.75) is 51.6 Å². The van der Waals surface area contributed by atoms with E-state index in [2.05, 4.69) is 0 Å². The zero-order valence-electron chi connectivity index (χ0n) is 12.8. The lowest BCUT2D eigenvalue weighted by Crippen LogP contribution is -2.25. The number of hydrogen-bond acceptors (Lipinski definition) is 6. The van der Waals surface area contributed by atoms with Crippen LogP contribution in [0.3, 0.4) is 0 Å². The van der Waals surface area contributed by atoms with Gasteiger partial charge in [0.15, 0.2) is 13.2 Å². The summed E-state index contributed by atoms with van der Waals surface area (Å²) in [5.41, 5.74) is 0. The van der Waals surface area contributed by atoms with E-state index in [1.807, 2.05) is 13.8 Å². The molecule has 122 valence electrons. The maximum atomic E-state index is 10.8. The summed E-state index contributed by atoms with van der Waals surface area (Å²) in [5.74, 6) is 0. The smallest absolute Gasteiger partial charge is 0.246 e. The molecule has 0 saturated carbocycles. The molecule has 0 saturated heterocycles. The van der Waals surface area contributed by atoms with E-state index in [-0.39, 0.29) is 23.1 Å². The molecular weight excluding hydrogens is 296 g/mol. The minimum Gasteiger partial charge on any atom is -0.494 e. The van der Waals surface area contributed by atoms with Gasteiger partial charge in [0.25, 0.3) is 0 Å². The van der Waals surface area contributed by atoms with Crippen molar-refractivity contribution in [3.05, 3.63) is 31.9 Å². The minimum absolute atomic E-state index is 0.00710. The summed E-state index contributed by atoms with van der Waals surface area (Å²) >= 11 is 0. The van der Waals surface area contributed by atoms with Gasteiger partial charge in [0.05, 0.1) is 15.6 Å². The first kappa shape index (κ1) is 19.4. The van der Waals surface area contributed by atoms with Gasteiger partial charge in [-0.15, -0.1) is 0 Å². The molecule has 0 N–H and O–H groups in total. The monoisotopic (exact) mass is 320 g/mol. The molecule has 0 bridgehead atoms. The van der Waals surface area contributed by atoms with Crippen molar-refractivity contribution in [3.8, 4) is 0 Å². The summed E-state index contributed by atoms with van der Waals surface area (Å²) < 4.78 is 10.5. The zero-order chi connectivity index (χ0) is 16.3. The van der Waals surface area contributed by atoms with Gasteiger partial charge in [0.2, 0.25) is 12.1 Å². The van der Waals surface area contributed by atoms with Crippen LogP contribution in [-0.4, -0.2) is 45.4 Å². The lowest BCUT2D eigenvalue weighted by Gasteiger charge is -2.12. The molecule has 0 heterocycles. The molecule has 0 aliphatic rings. The summed E-state index contributed by atoms with van der Waals surface area (Å²) in [4.78, 5) is 20.8. The Labute approximate surface area is 127 Å². The Hall–Kier alpha value is -1.64. The summed E-state index contributed by atoms with van der Waals surface area (Å²) in [6, 6.07) is -1.45. The van der Waals surface area contributed by atoms with Crippen LogP contribution in [0.2, 0.25) is 0 Å². The molecule has 0 aliphatic carbocycles. The molecule has 21 heavy (non-hydrogen) atoms. The molecule has 8 nitrogen and oxygen atoms in total. The van der Waals surface area contributed by atoms with Crippen molar-refractivity contribution in [2.75, 3.05) is 13.2 Å². The summed E-state index contributed by atoms with van der Waals surface area (Å²) in [6.07, 6.45) is 3.68. The van der Waals surface area contributed by atoms with E-state index < -0.39 is 12.1 Å². The van der Waals surface area contributed by atoms with E-state index in [0.717, 1.165) is 0 Å². The quantitative estimate of drug-likeness (QED) is 0.230. The number of nitro groups is 2.